The predicted molar refractivity (Wildman–Crippen MR) is 139 cm³/mol. The van der Waals surface area contributed by atoms with Crippen molar-refractivity contribution in [3.05, 3.63) is 88.9 Å². The second-order valence-corrected chi connectivity index (χ2v) is 9.19. The van der Waals surface area contributed by atoms with Crippen LogP contribution in [0.1, 0.15) is 24.0 Å². The number of benzene rings is 3. The minimum absolute atomic E-state index is 0.211. The number of para-hydroxylation sites is 1. The summed E-state index contributed by atoms with van der Waals surface area (Å²) in [5.41, 5.74) is 3.88. The van der Waals surface area contributed by atoms with Crippen LogP contribution in [0.25, 0.3) is 0 Å². The maximum atomic E-state index is 13.6. The summed E-state index contributed by atoms with van der Waals surface area (Å²) in [6.07, 6.45) is 2.62. The van der Waals surface area contributed by atoms with Gasteiger partial charge in [0.1, 0.15) is 11.9 Å². The van der Waals surface area contributed by atoms with E-state index in [0.717, 1.165) is 42.7 Å². The number of nitrogens with one attached hydrogen (secondary N) is 3. The Morgan fingerprint density at radius 3 is 2.34 bits per heavy atom. The molecular formula is C27H26ClN5O2. The van der Waals surface area contributed by atoms with Crippen LogP contribution in [0.4, 0.5) is 21.9 Å². The summed E-state index contributed by atoms with van der Waals surface area (Å²) in [4.78, 5) is 29.9. The van der Waals surface area contributed by atoms with E-state index in [1.165, 1.54) is 0 Å². The second kappa shape index (κ2) is 9.80. The molecule has 0 spiro atoms. The average Bonchev–Trinajstić information content (AvgIpc) is 3.41. The molecular weight excluding hydrogens is 462 g/mol. The second-order valence-electron chi connectivity index (χ2n) is 8.75. The van der Waals surface area contributed by atoms with Gasteiger partial charge in [0.25, 0.3) is 5.91 Å². The maximum absolute atomic E-state index is 13.6. The topological polar surface area (TPSA) is 88.5 Å². The van der Waals surface area contributed by atoms with Crippen LogP contribution in [-0.4, -0.2) is 41.8 Å². The lowest BCUT2D eigenvalue weighted by Crippen LogP contribution is -2.52. The Bertz CT molecular complexity index is 1250. The average molecular weight is 488 g/mol. The van der Waals surface area contributed by atoms with Gasteiger partial charge in [0.2, 0.25) is 0 Å². The molecule has 2 aliphatic heterocycles. The Labute approximate surface area is 209 Å². The van der Waals surface area contributed by atoms with Crippen molar-refractivity contribution >= 4 is 46.4 Å². The molecule has 0 radical (unpaired) electrons. The Balaban J connectivity index is 1.36. The molecule has 1 saturated heterocycles. The molecule has 1 atom stereocenters. The van der Waals surface area contributed by atoms with E-state index in [0.29, 0.717) is 28.7 Å². The number of rotatable bonds is 4. The monoisotopic (exact) mass is 487 g/mol. The van der Waals surface area contributed by atoms with E-state index < -0.39 is 12.1 Å². The Morgan fingerprint density at radius 2 is 1.63 bits per heavy atom. The number of carbonyl (C=O) groups excluding carboxylic acids is 2. The normalized spacial score (nSPS) is 17.2. The predicted octanol–water partition coefficient (Wildman–Crippen LogP) is 5.17. The lowest BCUT2D eigenvalue weighted by molar-refractivity contribution is -0.119. The van der Waals surface area contributed by atoms with Crippen LogP contribution < -0.4 is 15.5 Å². The van der Waals surface area contributed by atoms with E-state index in [1.807, 2.05) is 48.5 Å². The molecule has 2 aliphatic rings. The van der Waals surface area contributed by atoms with Crippen molar-refractivity contribution in [1.29, 1.82) is 5.41 Å². The first-order valence-electron chi connectivity index (χ1n) is 11.7. The van der Waals surface area contributed by atoms with Crippen LogP contribution >= 0.6 is 11.6 Å². The molecule has 0 saturated carbocycles. The van der Waals surface area contributed by atoms with Crippen molar-refractivity contribution in [2.75, 3.05) is 23.3 Å². The van der Waals surface area contributed by atoms with Gasteiger partial charge in [0, 0.05) is 41.5 Å². The summed E-state index contributed by atoms with van der Waals surface area (Å²) >= 11 is 5.91. The quantitative estimate of drug-likeness (QED) is 0.350. The molecule has 178 valence electrons. The van der Waals surface area contributed by atoms with Crippen molar-refractivity contribution in [3.63, 3.8) is 0 Å². The number of carbonyl (C=O) groups is 2. The molecule has 7 nitrogen and oxygen atoms in total. The van der Waals surface area contributed by atoms with Crippen molar-refractivity contribution in [1.82, 2.24) is 10.2 Å². The third kappa shape index (κ3) is 4.86. The van der Waals surface area contributed by atoms with Gasteiger partial charge in [-0.25, -0.2) is 4.79 Å². The first kappa shape index (κ1) is 22.9. The number of halogens is 1. The standard InChI is InChI=1S/C27H26ClN5O2/c28-20-9-11-21(12-10-20)30-27(35)31-23-17-19-5-1-2-6-24(19)33(26(23)34)22-13-7-18(8-14-22)25(29)32-15-3-4-16-32/h1-2,5-14,23,29H,3-4,15-17H2,(H2,30,31,35). The fraction of sp³-hybridized carbons (Fsp3) is 0.222. The third-order valence-corrected chi connectivity index (χ3v) is 6.66. The van der Waals surface area contributed by atoms with Crippen LogP contribution in [-0.2, 0) is 11.2 Å². The van der Waals surface area contributed by atoms with Gasteiger partial charge in [-0.15, -0.1) is 0 Å². The summed E-state index contributed by atoms with van der Waals surface area (Å²) in [6, 6.07) is 20.8. The first-order valence-corrected chi connectivity index (χ1v) is 12.1. The van der Waals surface area contributed by atoms with E-state index in [1.54, 1.807) is 29.2 Å². The van der Waals surface area contributed by atoms with Gasteiger partial charge >= 0.3 is 6.03 Å². The summed E-state index contributed by atoms with van der Waals surface area (Å²) in [5, 5.41) is 14.6. The number of amidine groups is 1. The summed E-state index contributed by atoms with van der Waals surface area (Å²) < 4.78 is 0. The molecule has 2 heterocycles. The Hall–Kier alpha value is -3.84. The Morgan fingerprint density at radius 1 is 0.943 bits per heavy atom. The van der Waals surface area contributed by atoms with Gasteiger partial charge in [-0.05, 0) is 73.0 Å². The summed E-state index contributed by atoms with van der Waals surface area (Å²) in [5.74, 6) is 0.301. The molecule has 8 heteroatoms. The molecule has 1 fully saturated rings. The van der Waals surface area contributed by atoms with Crippen LogP contribution in [0.5, 0.6) is 0 Å². The van der Waals surface area contributed by atoms with E-state index in [9.17, 15) is 9.59 Å². The van der Waals surface area contributed by atoms with Gasteiger partial charge in [0.05, 0.1) is 5.69 Å². The van der Waals surface area contributed by atoms with Crippen LogP contribution in [0.3, 0.4) is 0 Å². The highest BCUT2D eigenvalue weighted by Gasteiger charge is 2.34. The zero-order valence-corrected chi connectivity index (χ0v) is 19.9. The van der Waals surface area contributed by atoms with Gasteiger partial charge in [-0.2, -0.15) is 0 Å². The molecule has 3 N–H and O–H groups in total. The highest BCUT2D eigenvalue weighted by Crippen LogP contribution is 2.34. The number of anilines is 3. The number of urea groups is 1. The van der Waals surface area contributed by atoms with Crippen molar-refractivity contribution in [2.24, 2.45) is 0 Å². The zero-order chi connectivity index (χ0) is 24.4. The summed E-state index contributed by atoms with van der Waals surface area (Å²) in [7, 11) is 0. The molecule has 35 heavy (non-hydrogen) atoms. The highest BCUT2D eigenvalue weighted by molar-refractivity contribution is 6.30. The third-order valence-electron chi connectivity index (χ3n) is 6.40. The molecule has 3 aromatic rings. The zero-order valence-electron chi connectivity index (χ0n) is 19.1. The number of amides is 3. The highest BCUT2D eigenvalue weighted by atomic mass is 35.5. The van der Waals surface area contributed by atoms with Gasteiger partial charge < -0.3 is 15.5 Å². The van der Waals surface area contributed by atoms with Crippen molar-refractivity contribution < 1.29 is 9.59 Å². The van der Waals surface area contributed by atoms with E-state index >= 15 is 0 Å². The molecule has 3 amide bonds. The minimum atomic E-state index is -0.722. The fourth-order valence-electron chi connectivity index (χ4n) is 4.61. The van der Waals surface area contributed by atoms with Gasteiger partial charge in [-0.3, -0.25) is 15.1 Å². The van der Waals surface area contributed by atoms with E-state index in [4.69, 9.17) is 17.0 Å². The smallest absolute Gasteiger partial charge is 0.319 e. The fourth-order valence-corrected chi connectivity index (χ4v) is 4.74. The molecule has 0 aromatic heterocycles. The van der Waals surface area contributed by atoms with Gasteiger partial charge in [0.15, 0.2) is 0 Å². The molecule has 0 bridgehead atoms. The van der Waals surface area contributed by atoms with Crippen molar-refractivity contribution in [2.45, 2.75) is 25.3 Å². The van der Waals surface area contributed by atoms with Gasteiger partial charge in [-0.1, -0.05) is 29.8 Å². The summed E-state index contributed by atoms with van der Waals surface area (Å²) in [6.45, 7) is 1.81. The SMILES string of the molecule is N=C(c1ccc(N2C(=O)C(NC(=O)Nc3ccc(Cl)cc3)Cc3ccccc32)cc1)N1CCCC1. The molecule has 1 unspecified atom stereocenters. The lowest BCUT2D eigenvalue weighted by Gasteiger charge is -2.34. The maximum Gasteiger partial charge on any atom is 0.319 e. The van der Waals surface area contributed by atoms with E-state index in [-0.39, 0.29) is 5.91 Å². The number of nitrogens with zero attached hydrogens (tertiary/aromatic N) is 2. The first-order chi connectivity index (χ1) is 17.0. The number of fused-ring (bicyclic) bond motifs is 1. The Kier molecular flexibility index (Phi) is 6.42. The van der Waals surface area contributed by atoms with Crippen LogP contribution in [0, 0.1) is 5.41 Å². The number of likely N-dealkylation sites (tertiary alicyclic amines) is 1. The van der Waals surface area contributed by atoms with Crippen LogP contribution in [0.2, 0.25) is 5.02 Å². The number of hydrogen-bond donors (Lipinski definition) is 3. The number of hydrogen-bond acceptors (Lipinski definition) is 3. The molecule has 5 rings (SSSR count). The largest absolute Gasteiger partial charge is 0.357 e. The van der Waals surface area contributed by atoms with Crippen molar-refractivity contribution in [3.8, 4) is 0 Å². The minimum Gasteiger partial charge on any atom is -0.357 e. The molecule has 3 aromatic carbocycles. The van der Waals surface area contributed by atoms with Crippen LogP contribution in [0.15, 0.2) is 72.8 Å². The molecule has 0 aliphatic carbocycles. The van der Waals surface area contributed by atoms with E-state index in [2.05, 4.69) is 15.5 Å². The lowest BCUT2D eigenvalue weighted by atomic mass is 9.96.